The maximum Gasteiger partial charge on any atom is 0.367 e. The summed E-state index contributed by atoms with van der Waals surface area (Å²) in [4.78, 5) is 41.9. The van der Waals surface area contributed by atoms with Crippen molar-refractivity contribution in [1.29, 1.82) is 0 Å². The van der Waals surface area contributed by atoms with Crippen molar-refractivity contribution in [1.82, 2.24) is 5.06 Å². The lowest BCUT2D eigenvalue weighted by molar-refractivity contribution is -0.0587. The molecule has 6 nitrogen and oxygen atoms in total. The highest BCUT2D eigenvalue weighted by molar-refractivity contribution is 6.21. The Morgan fingerprint density at radius 3 is 2.04 bits per heavy atom. The first-order chi connectivity index (χ1) is 11.5. The van der Waals surface area contributed by atoms with Crippen LogP contribution in [0.2, 0.25) is 0 Å². The first-order valence-corrected chi connectivity index (χ1v) is 7.45. The summed E-state index contributed by atoms with van der Waals surface area (Å²) < 4.78 is 5.56. The van der Waals surface area contributed by atoms with Gasteiger partial charge in [0.2, 0.25) is 0 Å². The fourth-order valence-corrected chi connectivity index (χ4v) is 2.37. The minimum absolute atomic E-state index is 0.141. The van der Waals surface area contributed by atoms with Crippen LogP contribution in [0.3, 0.4) is 0 Å². The molecule has 0 bridgehead atoms. The molecule has 24 heavy (non-hydrogen) atoms. The van der Waals surface area contributed by atoms with Crippen LogP contribution in [0.15, 0.2) is 48.5 Å². The second-order valence-corrected chi connectivity index (χ2v) is 5.49. The molecule has 0 radical (unpaired) electrons. The molecule has 2 amide bonds. The van der Waals surface area contributed by atoms with Crippen molar-refractivity contribution in [3.8, 4) is 5.75 Å². The molecule has 6 heteroatoms. The maximum absolute atomic E-state index is 12.4. The Morgan fingerprint density at radius 2 is 1.46 bits per heavy atom. The zero-order chi connectivity index (χ0) is 17.3. The first kappa shape index (κ1) is 15.7. The molecule has 0 saturated heterocycles. The summed E-state index contributed by atoms with van der Waals surface area (Å²) in [6, 6.07) is 12.8. The van der Waals surface area contributed by atoms with E-state index < -0.39 is 17.8 Å². The average molecular weight is 325 g/mol. The SMILES string of the molecule is CC(C)Oc1ccccc1C(=O)ON1C(=O)c2ccccc2C1=O. The molecular weight excluding hydrogens is 310 g/mol. The number of hydrogen-bond donors (Lipinski definition) is 0. The lowest BCUT2D eigenvalue weighted by atomic mass is 10.1. The number of nitrogens with zero attached hydrogens (tertiary/aromatic N) is 1. The summed E-state index contributed by atoms with van der Waals surface area (Å²) in [5, 5.41) is 0.485. The smallest absolute Gasteiger partial charge is 0.367 e. The Balaban J connectivity index is 1.84. The van der Waals surface area contributed by atoms with Crippen molar-refractivity contribution in [3.63, 3.8) is 0 Å². The highest BCUT2D eigenvalue weighted by atomic mass is 16.7. The van der Waals surface area contributed by atoms with Crippen LogP contribution in [0, 0.1) is 0 Å². The van der Waals surface area contributed by atoms with Crippen LogP contribution in [0.4, 0.5) is 0 Å². The number of hydrogen-bond acceptors (Lipinski definition) is 5. The molecule has 0 aliphatic carbocycles. The molecule has 0 fully saturated rings. The van der Waals surface area contributed by atoms with E-state index in [9.17, 15) is 14.4 Å². The van der Waals surface area contributed by atoms with Gasteiger partial charge in [-0.25, -0.2) is 4.79 Å². The van der Waals surface area contributed by atoms with Crippen LogP contribution in [0.5, 0.6) is 5.75 Å². The normalized spacial score (nSPS) is 13.2. The van der Waals surface area contributed by atoms with Gasteiger partial charge >= 0.3 is 5.97 Å². The largest absolute Gasteiger partial charge is 0.490 e. The number of amides is 2. The van der Waals surface area contributed by atoms with Crippen LogP contribution in [-0.2, 0) is 4.84 Å². The number of carbonyl (C=O) groups is 3. The zero-order valence-corrected chi connectivity index (χ0v) is 13.2. The molecule has 3 rings (SSSR count). The van der Waals surface area contributed by atoms with Gasteiger partial charge < -0.3 is 9.57 Å². The molecule has 0 N–H and O–H groups in total. The Morgan fingerprint density at radius 1 is 0.917 bits per heavy atom. The van der Waals surface area contributed by atoms with Crippen molar-refractivity contribution in [2.24, 2.45) is 0 Å². The van der Waals surface area contributed by atoms with E-state index in [4.69, 9.17) is 9.57 Å². The van der Waals surface area contributed by atoms with Crippen LogP contribution in [0.1, 0.15) is 44.9 Å². The molecular formula is C18H15NO5. The number of carbonyl (C=O) groups excluding carboxylic acids is 3. The quantitative estimate of drug-likeness (QED) is 0.808. The van der Waals surface area contributed by atoms with Crippen molar-refractivity contribution < 1.29 is 24.0 Å². The van der Waals surface area contributed by atoms with Gasteiger partial charge in [-0.1, -0.05) is 29.3 Å². The Hall–Kier alpha value is -3.15. The first-order valence-electron chi connectivity index (χ1n) is 7.45. The molecule has 1 aliphatic rings. The zero-order valence-electron chi connectivity index (χ0n) is 13.2. The molecule has 1 heterocycles. The van der Waals surface area contributed by atoms with E-state index in [2.05, 4.69) is 0 Å². The van der Waals surface area contributed by atoms with E-state index in [1.807, 2.05) is 13.8 Å². The van der Waals surface area contributed by atoms with E-state index in [1.165, 1.54) is 18.2 Å². The summed E-state index contributed by atoms with van der Waals surface area (Å²) in [6.45, 7) is 3.65. The standard InChI is InChI=1S/C18H15NO5/c1-11(2)23-15-10-6-5-9-14(15)18(22)24-19-16(20)12-7-3-4-8-13(12)17(19)21/h3-11H,1-2H3. The highest BCUT2D eigenvalue weighted by Gasteiger charge is 2.39. The Bertz CT molecular complexity index is 793. The van der Waals surface area contributed by atoms with Gasteiger partial charge in [0, 0.05) is 0 Å². The van der Waals surface area contributed by atoms with Gasteiger partial charge in [0.15, 0.2) is 0 Å². The minimum atomic E-state index is -0.833. The molecule has 2 aromatic carbocycles. The van der Waals surface area contributed by atoms with Crippen molar-refractivity contribution >= 4 is 17.8 Å². The number of hydroxylamine groups is 2. The molecule has 122 valence electrons. The van der Waals surface area contributed by atoms with E-state index in [-0.39, 0.29) is 22.8 Å². The molecule has 0 unspecified atom stereocenters. The Labute approximate surface area is 138 Å². The third-order valence-electron chi connectivity index (χ3n) is 3.40. The fourth-order valence-electron chi connectivity index (χ4n) is 2.37. The predicted octanol–water partition coefficient (Wildman–Crippen LogP) is 2.84. The molecule has 0 aromatic heterocycles. The second-order valence-electron chi connectivity index (χ2n) is 5.49. The number of fused-ring (bicyclic) bond motifs is 1. The minimum Gasteiger partial charge on any atom is -0.490 e. The van der Waals surface area contributed by atoms with Gasteiger partial charge in [0.25, 0.3) is 11.8 Å². The fraction of sp³-hybridized carbons (Fsp3) is 0.167. The van der Waals surface area contributed by atoms with Crippen LogP contribution in [0.25, 0.3) is 0 Å². The summed E-state index contributed by atoms with van der Waals surface area (Å²) in [6.07, 6.45) is -0.141. The summed E-state index contributed by atoms with van der Waals surface area (Å²) in [5.74, 6) is -1.83. The van der Waals surface area contributed by atoms with Crippen molar-refractivity contribution in [2.75, 3.05) is 0 Å². The lowest BCUT2D eigenvalue weighted by Crippen LogP contribution is -2.32. The number of para-hydroxylation sites is 1. The van der Waals surface area contributed by atoms with Crippen molar-refractivity contribution in [3.05, 3.63) is 65.2 Å². The Kier molecular flexibility index (Phi) is 4.04. The number of ether oxygens (including phenoxy) is 1. The number of benzene rings is 2. The summed E-state index contributed by atoms with van der Waals surface area (Å²) in [5.41, 5.74) is 0.562. The maximum atomic E-state index is 12.4. The van der Waals surface area contributed by atoms with E-state index in [0.29, 0.717) is 10.8 Å². The van der Waals surface area contributed by atoms with Gasteiger partial charge in [-0.15, -0.1) is 0 Å². The molecule has 0 atom stereocenters. The van der Waals surface area contributed by atoms with Gasteiger partial charge in [0.1, 0.15) is 11.3 Å². The van der Waals surface area contributed by atoms with Gasteiger partial charge in [-0.05, 0) is 38.1 Å². The molecule has 0 spiro atoms. The third-order valence-corrected chi connectivity index (χ3v) is 3.40. The van der Waals surface area contributed by atoms with Crippen LogP contribution >= 0.6 is 0 Å². The predicted molar refractivity (Wildman–Crippen MR) is 84.6 cm³/mol. The van der Waals surface area contributed by atoms with E-state index >= 15 is 0 Å². The number of imide groups is 1. The second kappa shape index (κ2) is 6.16. The average Bonchev–Trinajstić information content (AvgIpc) is 2.80. The van der Waals surface area contributed by atoms with E-state index in [0.717, 1.165) is 0 Å². The summed E-state index contributed by atoms with van der Waals surface area (Å²) in [7, 11) is 0. The highest BCUT2D eigenvalue weighted by Crippen LogP contribution is 2.25. The van der Waals surface area contributed by atoms with E-state index in [1.54, 1.807) is 30.3 Å². The van der Waals surface area contributed by atoms with Crippen molar-refractivity contribution in [2.45, 2.75) is 20.0 Å². The molecule has 1 aliphatic heterocycles. The lowest BCUT2D eigenvalue weighted by Gasteiger charge is -2.16. The topological polar surface area (TPSA) is 72.9 Å². The van der Waals surface area contributed by atoms with Gasteiger partial charge in [-0.3, -0.25) is 9.59 Å². The summed E-state index contributed by atoms with van der Waals surface area (Å²) >= 11 is 0. The third kappa shape index (κ3) is 2.74. The van der Waals surface area contributed by atoms with Gasteiger partial charge in [-0.2, -0.15) is 0 Å². The number of rotatable bonds is 4. The van der Waals surface area contributed by atoms with Gasteiger partial charge in [0.05, 0.1) is 17.2 Å². The molecule has 2 aromatic rings. The monoisotopic (exact) mass is 325 g/mol. The molecule has 0 saturated carbocycles. The van der Waals surface area contributed by atoms with Crippen LogP contribution < -0.4 is 4.74 Å². The van der Waals surface area contributed by atoms with Crippen LogP contribution in [-0.4, -0.2) is 29.0 Å².